The first-order valence-electron chi connectivity index (χ1n) is 5.46. The summed E-state index contributed by atoms with van der Waals surface area (Å²) in [4.78, 5) is 11.7. The molecular weight excluding hydrogens is 302 g/mol. The molecule has 0 aliphatic carbocycles. The Hall–Kier alpha value is -0.540. The number of benzene rings is 1. The van der Waals surface area contributed by atoms with Crippen LogP contribution in [-0.2, 0) is 4.79 Å². The van der Waals surface area contributed by atoms with E-state index in [-0.39, 0.29) is 16.3 Å². The minimum Gasteiger partial charge on any atom is -0.350 e. The fourth-order valence-electron chi connectivity index (χ4n) is 1.38. The standard InChI is InChI=1S/C13H17BrClNO/c1-13(2,3)16-12(17)11(15)10(14)9-7-5-4-6-8-9/h4-8,10-11H,1-3H3,(H,16,17)/t10-,11+/m1/s1. The second-order valence-corrected chi connectivity index (χ2v) is 6.41. The highest BCUT2D eigenvalue weighted by molar-refractivity contribution is 9.09. The van der Waals surface area contributed by atoms with E-state index >= 15 is 0 Å². The van der Waals surface area contributed by atoms with Crippen LogP contribution in [0, 0.1) is 0 Å². The second-order valence-electron chi connectivity index (χ2n) is 4.95. The van der Waals surface area contributed by atoms with E-state index in [9.17, 15) is 4.79 Å². The van der Waals surface area contributed by atoms with Crippen LogP contribution in [0.15, 0.2) is 30.3 Å². The number of hydrogen-bond acceptors (Lipinski definition) is 1. The highest BCUT2D eigenvalue weighted by atomic mass is 79.9. The molecule has 0 aromatic heterocycles. The van der Waals surface area contributed by atoms with E-state index in [4.69, 9.17) is 11.6 Å². The molecule has 0 fully saturated rings. The summed E-state index contributed by atoms with van der Waals surface area (Å²) in [6.45, 7) is 5.79. The lowest BCUT2D eigenvalue weighted by Crippen LogP contribution is -2.45. The fourth-order valence-corrected chi connectivity index (χ4v) is 2.12. The quantitative estimate of drug-likeness (QED) is 0.847. The summed E-state index contributed by atoms with van der Waals surface area (Å²) in [6.07, 6.45) is 0. The largest absolute Gasteiger partial charge is 0.350 e. The Balaban J connectivity index is 2.70. The first-order chi connectivity index (χ1) is 7.81. The number of alkyl halides is 2. The summed E-state index contributed by atoms with van der Waals surface area (Å²) in [6, 6.07) is 9.67. The van der Waals surface area contributed by atoms with Gasteiger partial charge in [0.1, 0.15) is 5.38 Å². The molecule has 1 rings (SSSR count). The lowest BCUT2D eigenvalue weighted by Gasteiger charge is -2.24. The van der Waals surface area contributed by atoms with Gasteiger partial charge >= 0.3 is 0 Å². The molecule has 0 aliphatic rings. The zero-order valence-electron chi connectivity index (χ0n) is 10.2. The topological polar surface area (TPSA) is 29.1 Å². The summed E-state index contributed by atoms with van der Waals surface area (Å²) < 4.78 is 0. The van der Waals surface area contributed by atoms with Crippen molar-refractivity contribution in [2.45, 2.75) is 36.5 Å². The van der Waals surface area contributed by atoms with Gasteiger partial charge in [-0.2, -0.15) is 0 Å². The molecule has 1 aromatic carbocycles. The van der Waals surface area contributed by atoms with E-state index in [0.717, 1.165) is 5.56 Å². The maximum atomic E-state index is 11.9. The van der Waals surface area contributed by atoms with Crippen molar-refractivity contribution in [1.82, 2.24) is 5.32 Å². The highest BCUT2D eigenvalue weighted by Gasteiger charge is 2.27. The normalized spacial score (nSPS) is 15.1. The van der Waals surface area contributed by atoms with Gasteiger partial charge in [0.2, 0.25) is 5.91 Å². The molecule has 0 aliphatic heterocycles. The van der Waals surface area contributed by atoms with Crippen molar-refractivity contribution < 1.29 is 4.79 Å². The van der Waals surface area contributed by atoms with Gasteiger partial charge in [0.15, 0.2) is 0 Å². The van der Waals surface area contributed by atoms with Crippen LogP contribution in [0.1, 0.15) is 31.2 Å². The molecule has 0 heterocycles. The molecule has 17 heavy (non-hydrogen) atoms. The molecule has 0 saturated heterocycles. The molecular formula is C13H17BrClNO. The lowest BCUT2D eigenvalue weighted by molar-refractivity contribution is -0.122. The van der Waals surface area contributed by atoms with Gasteiger partial charge in [-0.25, -0.2) is 0 Å². The fraction of sp³-hybridized carbons (Fsp3) is 0.462. The Morgan fingerprint density at radius 3 is 2.29 bits per heavy atom. The molecule has 0 spiro atoms. The minimum absolute atomic E-state index is 0.162. The smallest absolute Gasteiger partial charge is 0.239 e. The Labute approximate surface area is 116 Å². The molecule has 1 N–H and O–H groups in total. The van der Waals surface area contributed by atoms with Crippen LogP contribution in [0.2, 0.25) is 0 Å². The molecule has 0 unspecified atom stereocenters. The van der Waals surface area contributed by atoms with Crippen LogP contribution >= 0.6 is 27.5 Å². The van der Waals surface area contributed by atoms with Gasteiger partial charge < -0.3 is 5.32 Å². The summed E-state index contributed by atoms with van der Waals surface area (Å²) in [5.41, 5.74) is 0.727. The number of amides is 1. The minimum atomic E-state index is -0.628. The summed E-state index contributed by atoms with van der Waals surface area (Å²) in [5.74, 6) is -0.162. The lowest BCUT2D eigenvalue weighted by atomic mass is 10.1. The third-order valence-electron chi connectivity index (χ3n) is 2.12. The van der Waals surface area contributed by atoms with Crippen LogP contribution in [0.3, 0.4) is 0 Å². The molecule has 2 atom stereocenters. The Morgan fingerprint density at radius 2 is 1.82 bits per heavy atom. The van der Waals surface area contributed by atoms with Gasteiger partial charge in [-0.15, -0.1) is 11.6 Å². The van der Waals surface area contributed by atoms with Crippen LogP contribution in [0.25, 0.3) is 0 Å². The van der Waals surface area contributed by atoms with Gasteiger partial charge in [0.25, 0.3) is 0 Å². The molecule has 1 aromatic rings. The third kappa shape index (κ3) is 4.68. The van der Waals surface area contributed by atoms with Crippen molar-refractivity contribution in [1.29, 1.82) is 0 Å². The molecule has 0 saturated carbocycles. The molecule has 4 heteroatoms. The van der Waals surface area contributed by atoms with Gasteiger partial charge in [0, 0.05) is 5.54 Å². The predicted molar refractivity (Wildman–Crippen MR) is 75.6 cm³/mol. The number of carbonyl (C=O) groups is 1. The number of halogens is 2. The third-order valence-corrected chi connectivity index (χ3v) is 3.94. The summed E-state index contributed by atoms with van der Waals surface area (Å²) >= 11 is 9.63. The Bertz CT molecular complexity index is 375. The predicted octanol–water partition coefficient (Wildman–Crippen LogP) is 3.64. The zero-order valence-corrected chi connectivity index (χ0v) is 12.5. The summed E-state index contributed by atoms with van der Waals surface area (Å²) in [7, 11) is 0. The van der Waals surface area contributed by atoms with Gasteiger partial charge in [-0.1, -0.05) is 46.3 Å². The number of hydrogen-bond donors (Lipinski definition) is 1. The average Bonchev–Trinajstić information content (AvgIpc) is 2.26. The van der Waals surface area contributed by atoms with Crippen LogP contribution in [0.5, 0.6) is 0 Å². The molecule has 1 amide bonds. The Morgan fingerprint density at radius 1 is 1.29 bits per heavy atom. The van der Waals surface area contributed by atoms with Crippen molar-refractivity contribution >= 4 is 33.4 Å². The Kier molecular flexibility index (Phi) is 5.02. The van der Waals surface area contributed by atoms with Crippen molar-refractivity contribution in [2.75, 3.05) is 0 Å². The highest BCUT2D eigenvalue weighted by Crippen LogP contribution is 2.30. The second kappa shape index (κ2) is 5.87. The number of rotatable bonds is 3. The van der Waals surface area contributed by atoms with E-state index in [1.54, 1.807) is 0 Å². The first kappa shape index (κ1) is 14.5. The van der Waals surface area contributed by atoms with Crippen LogP contribution in [-0.4, -0.2) is 16.8 Å². The number of carbonyl (C=O) groups excluding carboxylic acids is 1. The molecule has 94 valence electrons. The SMILES string of the molecule is CC(C)(C)NC(=O)[C@@H](Cl)[C@H](Br)c1ccccc1. The molecule has 0 bridgehead atoms. The van der Waals surface area contributed by atoms with Gasteiger partial charge in [-0.05, 0) is 26.3 Å². The van der Waals surface area contributed by atoms with E-state index in [1.165, 1.54) is 0 Å². The first-order valence-corrected chi connectivity index (χ1v) is 6.81. The van der Waals surface area contributed by atoms with E-state index in [0.29, 0.717) is 0 Å². The van der Waals surface area contributed by atoms with E-state index < -0.39 is 5.38 Å². The van der Waals surface area contributed by atoms with Crippen molar-refractivity contribution in [2.24, 2.45) is 0 Å². The van der Waals surface area contributed by atoms with Gasteiger partial charge in [0.05, 0.1) is 4.83 Å². The van der Waals surface area contributed by atoms with E-state index in [1.807, 2.05) is 51.1 Å². The van der Waals surface area contributed by atoms with Crippen molar-refractivity contribution in [3.63, 3.8) is 0 Å². The van der Waals surface area contributed by atoms with Crippen LogP contribution in [0.4, 0.5) is 0 Å². The number of nitrogens with one attached hydrogen (secondary N) is 1. The maximum absolute atomic E-state index is 11.9. The monoisotopic (exact) mass is 317 g/mol. The molecule has 0 radical (unpaired) electrons. The molecule has 2 nitrogen and oxygen atoms in total. The average molecular weight is 319 g/mol. The van der Waals surface area contributed by atoms with Crippen molar-refractivity contribution in [3.8, 4) is 0 Å². The van der Waals surface area contributed by atoms with E-state index in [2.05, 4.69) is 21.2 Å². The zero-order chi connectivity index (χ0) is 13.1. The maximum Gasteiger partial charge on any atom is 0.239 e. The van der Waals surface area contributed by atoms with Crippen molar-refractivity contribution in [3.05, 3.63) is 35.9 Å². The summed E-state index contributed by atoms with van der Waals surface area (Å²) in [5, 5.41) is 2.24. The van der Waals surface area contributed by atoms with Gasteiger partial charge in [-0.3, -0.25) is 4.79 Å². The van der Waals surface area contributed by atoms with Crippen LogP contribution < -0.4 is 5.32 Å².